The molecule has 1 amide bonds. The highest BCUT2D eigenvalue weighted by Gasteiger charge is 2.42. The fraction of sp³-hybridized carbons (Fsp3) is 0.333. The van der Waals surface area contributed by atoms with Crippen molar-refractivity contribution in [1.82, 2.24) is 9.80 Å². The van der Waals surface area contributed by atoms with Crippen LogP contribution in [-0.2, 0) is 0 Å². The second-order valence-electron chi connectivity index (χ2n) is 8.09. The summed E-state index contributed by atoms with van der Waals surface area (Å²) in [6, 6.07) is 10.7. The molecule has 3 aromatic rings. The average molecular weight is 406 g/mol. The number of aryl methyl sites for hydroxylation is 2. The van der Waals surface area contributed by atoms with Crippen molar-refractivity contribution in [2.24, 2.45) is 0 Å². The molecule has 2 heterocycles. The fourth-order valence-corrected chi connectivity index (χ4v) is 3.97. The maximum atomic E-state index is 13.6. The summed E-state index contributed by atoms with van der Waals surface area (Å²) >= 11 is 0. The molecule has 0 spiro atoms. The van der Waals surface area contributed by atoms with Crippen molar-refractivity contribution in [2.45, 2.75) is 19.9 Å². The number of benzene rings is 2. The van der Waals surface area contributed by atoms with Crippen molar-refractivity contribution in [3.05, 3.63) is 74.6 Å². The highest BCUT2D eigenvalue weighted by Crippen LogP contribution is 2.39. The van der Waals surface area contributed by atoms with Gasteiger partial charge in [-0.05, 0) is 68.9 Å². The molecule has 6 nitrogen and oxygen atoms in total. The van der Waals surface area contributed by atoms with Crippen LogP contribution >= 0.6 is 0 Å². The van der Waals surface area contributed by atoms with Gasteiger partial charge < -0.3 is 19.0 Å². The van der Waals surface area contributed by atoms with Gasteiger partial charge in [-0.25, -0.2) is 0 Å². The van der Waals surface area contributed by atoms with Crippen LogP contribution in [0.25, 0.3) is 11.0 Å². The lowest BCUT2D eigenvalue weighted by atomic mass is 9.97. The zero-order chi connectivity index (χ0) is 21.6. The van der Waals surface area contributed by atoms with Crippen LogP contribution in [0.3, 0.4) is 0 Å². The SMILES string of the molecule is COc1cccc([C@H]2c3c(oc4cc(C)c(C)cc4c3=O)C(=O)N2CCN(C)C)c1. The number of fused-ring (bicyclic) bond motifs is 2. The maximum absolute atomic E-state index is 13.6. The van der Waals surface area contributed by atoms with Gasteiger partial charge in [0.2, 0.25) is 5.76 Å². The number of amides is 1. The number of methoxy groups -OCH3 is 1. The molecule has 2 aromatic carbocycles. The Morgan fingerprint density at radius 1 is 1.10 bits per heavy atom. The summed E-state index contributed by atoms with van der Waals surface area (Å²) in [6.07, 6.45) is 0. The van der Waals surface area contributed by atoms with E-state index in [1.165, 1.54) is 0 Å². The van der Waals surface area contributed by atoms with Crippen LogP contribution in [0.4, 0.5) is 0 Å². The number of carbonyl (C=O) groups is 1. The van der Waals surface area contributed by atoms with E-state index in [9.17, 15) is 9.59 Å². The summed E-state index contributed by atoms with van der Waals surface area (Å²) in [5, 5.41) is 0.506. The molecule has 0 saturated heterocycles. The monoisotopic (exact) mass is 406 g/mol. The van der Waals surface area contributed by atoms with Crippen LogP contribution in [0.2, 0.25) is 0 Å². The van der Waals surface area contributed by atoms with Gasteiger partial charge in [0.15, 0.2) is 5.43 Å². The summed E-state index contributed by atoms with van der Waals surface area (Å²) in [6.45, 7) is 5.08. The van der Waals surface area contributed by atoms with Gasteiger partial charge in [0.1, 0.15) is 11.3 Å². The van der Waals surface area contributed by atoms with E-state index in [4.69, 9.17) is 9.15 Å². The van der Waals surface area contributed by atoms with Crippen LogP contribution in [0, 0.1) is 13.8 Å². The molecule has 1 aliphatic rings. The number of carbonyl (C=O) groups excluding carboxylic acids is 1. The predicted octanol–water partition coefficient (Wildman–Crippen LogP) is 3.53. The predicted molar refractivity (Wildman–Crippen MR) is 116 cm³/mol. The maximum Gasteiger partial charge on any atom is 0.290 e. The molecule has 0 N–H and O–H groups in total. The molecule has 1 aromatic heterocycles. The van der Waals surface area contributed by atoms with E-state index in [-0.39, 0.29) is 17.1 Å². The van der Waals surface area contributed by atoms with E-state index in [0.717, 1.165) is 16.7 Å². The van der Waals surface area contributed by atoms with Crippen molar-refractivity contribution < 1.29 is 13.9 Å². The first kappa shape index (κ1) is 20.2. The highest BCUT2D eigenvalue weighted by atomic mass is 16.5. The Morgan fingerprint density at radius 3 is 2.53 bits per heavy atom. The van der Waals surface area contributed by atoms with E-state index < -0.39 is 6.04 Å². The number of ether oxygens (including phenoxy) is 1. The molecule has 0 fully saturated rings. The molecule has 1 atom stereocenters. The number of hydrogen-bond acceptors (Lipinski definition) is 5. The van der Waals surface area contributed by atoms with Crippen LogP contribution in [0.5, 0.6) is 5.75 Å². The number of nitrogens with zero attached hydrogens (tertiary/aromatic N) is 2. The Bertz CT molecular complexity index is 1200. The minimum Gasteiger partial charge on any atom is -0.497 e. The van der Waals surface area contributed by atoms with Crippen molar-refractivity contribution in [3.63, 3.8) is 0 Å². The molecule has 0 unspecified atom stereocenters. The average Bonchev–Trinajstić information content (AvgIpc) is 3.00. The van der Waals surface area contributed by atoms with Gasteiger partial charge in [-0.1, -0.05) is 12.1 Å². The van der Waals surface area contributed by atoms with Crippen molar-refractivity contribution in [1.29, 1.82) is 0 Å². The molecular formula is C24H26N2O4. The molecule has 1 aliphatic heterocycles. The van der Waals surface area contributed by atoms with Crippen molar-refractivity contribution in [2.75, 3.05) is 34.3 Å². The Morgan fingerprint density at radius 2 is 1.83 bits per heavy atom. The van der Waals surface area contributed by atoms with Crippen LogP contribution < -0.4 is 10.2 Å². The minimum absolute atomic E-state index is 0.141. The minimum atomic E-state index is -0.509. The van der Waals surface area contributed by atoms with Gasteiger partial charge in [-0.2, -0.15) is 0 Å². The lowest BCUT2D eigenvalue weighted by Gasteiger charge is -2.26. The molecule has 30 heavy (non-hydrogen) atoms. The Balaban J connectivity index is 1.96. The van der Waals surface area contributed by atoms with E-state index in [1.54, 1.807) is 12.0 Å². The van der Waals surface area contributed by atoms with Crippen LogP contribution in [0.15, 0.2) is 45.6 Å². The zero-order valence-electron chi connectivity index (χ0n) is 18.0. The lowest BCUT2D eigenvalue weighted by Crippen LogP contribution is -2.35. The zero-order valence-corrected chi connectivity index (χ0v) is 18.0. The second kappa shape index (κ2) is 7.61. The lowest BCUT2D eigenvalue weighted by molar-refractivity contribution is 0.0716. The molecule has 0 radical (unpaired) electrons. The number of hydrogen-bond donors (Lipinski definition) is 0. The number of likely N-dealkylation sites (N-methyl/N-ethyl adjacent to an activating group) is 1. The summed E-state index contributed by atoms with van der Waals surface area (Å²) in [5.41, 5.74) is 3.57. The molecule has 0 aliphatic carbocycles. The normalized spacial score (nSPS) is 15.9. The highest BCUT2D eigenvalue weighted by molar-refractivity contribution is 5.99. The van der Waals surface area contributed by atoms with Crippen molar-refractivity contribution in [3.8, 4) is 5.75 Å². The summed E-state index contributed by atoms with van der Waals surface area (Å²) in [7, 11) is 5.51. The first-order chi connectivity index (χ1) is 14.3. The first-order valence-corrected chi connectivity index (χ1v) is 9.99. The Hall–Kier alpha value is -3.12. The standard InChI is InChI=1S/C24H26N2O4/c1-14-11-18-19(12-15(14)2)30-23-20(22(18)27)21(16-7-6-8-17(13-16)29-5)26(24(23)28)10-9-25(3)4/h6-8,11-13,21H,9-10H2,1-5H3/t21-/m0/s1. The molecule has 4 rings (SSSR count). The van der Waals surface area contributed by atoms with Gasteiger partial charge in [-0.3, -0.25) is 9.59 Å². The molecule has 0 bridgehead atoms. The molecule has 6 heteroatoms. The van der Waals surface area contributed by atoms with E-state index in [0.29, 0.717) is 35.4 Å². The van der Waals surface area contributed by atoms with Gasteiger partial charge in [0.25, 0.3) is 5.91 Å². The third-order valence-electron chi connectivity index (χ3n) is 5.78. The van der Waals surface area contributed by atoms with E-state index >= 15 is 0 Å². The van der Waals surface area contributed by atoms with Crippen molar-refractivity contribution >= 4 is 16.9 Å². The number of rotatable bonds is 5. The third-order valence-corrected chi connectivity index (χ3v) is 5.78. The molecular weight excluding hydrogens is 380 g/mol. The summed E-state index contributed by atoms with van der Waals surface area (Å²) < 4.78 is 11.4. The summed E-state index contributed by atoms with van der Waals surface area (Å²) in [4.78, 5) is 30.6. The van der Waals surface area contributed by atoms with Gasteiger partial charge in [0.05, 0.1) is 24.1 Å². The van der Waals surface area contributed by atoms with Gasteiger partial charge in [-0.15, -0.1) is 0 Å². The topological polar surface area (TPSA) is 63.0 Å². The smallest absolute Gasteiger partial charge is 0.290 e. The Kier molecular flexibility index (Phi) is 5.12. The summed E-state index contributed by atoms with van der Waals surface area (Å²) in [5.74, 6) is 0.567. The Labute approximate surface area is 175 Å². The van der Waals surface area contributed by atoms with E-state index in [1.807, 2.05) is 69.2 Å². The van der Waals surface area contributed by atoms with Crippen LogP contribution in [0.1, 0.15) is 38.9 Å². The second-order valence-corrected chi connectivity index (χ2v) is 8.09. The first-order valence-electron chi connectivity index (χ1n) is 9.99. The fourth-order valence-electron chi connectivity index (χ4n) is 3.97. The van der Waals surface area contributed by atoms with E-state index in [2.05, 4.69) is 0 Å². The van der Waals surface area contributed by atoms with Gasteiger partial charge in [0, 0.05) is 13.1 Å². The van der Waals surface area contributed by atoms with Gasteiger partial charge >= 0.3 is 0 Å². The third kappa shape index (κ3) is 3.27. The molecule has 156 valence electrons. The van der Waals surface area contributed by atoms with Crippen LogP contribution in [-0.4, -0.2) is 50.0 Å². The largest absolute Gasteiger partial charge is 0.497 e. The molecule has 0 saturated carbocycles. The quantitative estimate of drug-likeness (QED) is 0.649.